The van der Waals surface area contributed by atoms with Crippen LogP contribution < -0.4 is 10.6 Å². The molecule has 1 unspecified atom stereocenters. The minimum atomic E-state index is -1.45. The van der Waals surface area contributed by atoms with Crippen LogP contribution in [-0.4, -0.2) is 0 Å². The van der Waals surface area contributed by atoms with Crippen molar-refractivity contribution in [2.75, 3.05) is 0 Å². The Morgan fingerprint density at radius 2 is 1.47 bits per heavy atom. The van der Waals surface area contributed by atoms with Crippen molar-refractivity contribution >= 4 is 18.4 Å². The van der Waals surface area contributed by atoms with Crippen LogP contribution in [0.4, 0.5) is 0 Å². The second kappa shape index (κ2) is 7.21. The molecule has 0 saturated heterocycles. The molecule has 19 heavy (non-hydrogen) atoms. The third kappa shape index (κ3) is 4.01. The molecular weight excluding hydrogens is 251 g/mol. The van der Waals surface area contributed by atoms with Crippen molar-refractivity contribution in [3.8, 4) is 0 Å². The van der Waals surface area contributed by atoms with E-state index < -0.39 is 7.80 Å². The molecule has 0 heterocycles. The van der Waals surface area contributed by atoms with Gasteiger partial charge in [0.15, 0.2) is 10.6 Å². The molecule has 98 valence electrons. The third-order valence-electron chi connectivity index (χ3n) is 3.23. The molecule has 1 nitrogen and oxygen atoms in total. The lowest BCUT2D eigenvalue weighted by molar-refractivity contribution is 0.598. The van der Waals surface area contributed by atoms with Gasteiger partial charge in [0.05, 0.1) is 0 Å². The Morgan fingerprint density at radius 3 is 2.11 bits per heavy atom. The number of unbranched alkanes of at least 4 members (excludes halogenated alkanes) is 2. The van der Waals surface area contributed by atoms with Gasteiger partial charge in [-0.2, -0.15) is 0 Å². The van der Waals surface area contributed by atoms with E-state index in [1.165, 1.54) is 24.8 Å². The zero-order chi connectivity index (χ0) is 13.5. The highest BCUT2D eigenvalue weighted by atomic mass is 31.1. The van der Waals surface area contributed by atoms with Crippen LogP contribution in [-0.2, 0) is 11.0 Å². The van der Waals surface area contributed by atoms with Gasteiger partial charge in [-0.05, 0) is 42.7 Å². The summed E-state index contributed by atoms with van der Waals surface area (Å²) in [6.45, 7) is 2.22. The van der Waals surface area contributed by atoms with Crippen LogP contribution in [0.25, 0.3) is 0 Å². The molecule has 0 fully saturated rings. The second-order valence-electron chi connectivity index (χ2n) is 4.75. The van der Waals surface area contributed by atoms with Crippen molar-refractivity contribution in [3.63, 3.8) is 0 Å². The third-order valence-corrected chi connectivity index (χ3v) is 4.76. The van der Waals surface area contributed by atoms with E-state index in [1.807, 2.05) is 42.5 Å². The van der Waals surface area contributed by atoms with Crippen LogP contribution in [0.3, 0.4) is 0 Å². The van der Waals surface area contributed by atoms with Crippen LogP contribution in [0, 0.1) is 0 Å². The highest BCUT2D eigenvalue weighted by molar-refractivity contribution is 7.61. The first-order chi connectivity index (χ1) is 9.31. The lowest BCUT2D eigenvalue weighted by Gasteiger charge is -1.99. The van der Waals surface area contributed by atoms with Crippen molar-refractivity contribution < 1.29 is 4.57 Å². The largest absolute Gasteiger partial charge is 0.415 e. The molecule has 2 rings (SSSR count). The van der Waals surface area contributed by atoms with Crippen molar-refractivity contribution in [3.05, 3.63) is 60.2 Å². The lowest BCUT2D eigenvalue weighted by Crippen LogP contribution is -2.06. The molecule has 0 spiro atoms. The van der Waals surface area contributed by atoms with Crippen molar-refractivity contribution in [1.29, 1.82) is 0 Å². The molecule has 2 heteroatoms. The lowest BCUT2D eigenvalue weighted by atomic mass is 10.1. The summed E-state index contributed by atoms with van der Waals surface area (Å²) in [6.07, 6.45) is 4.88. The summed E-state index contributed by atoms with van der Waals surface area (Å²) in [5, 5.41) is 1.82. The van der Waals surface area contributed by atoms with E-state index in [1.54, 1.807) is 0 Å². The van der Waals surface area contributed by atoms with Gasteiger partial charge in [-0.25, -0.2) is 0 Å². The van der Waals surface area contributed by atoms with Crippen molar-refractivity contribution in [2.24, 2.45) is 0 Å². The molecule has 0 aliphatic heterocycles. The number of hydrogen-bond donors (Lipinski definition) is 0. The van der Waals surface area contributed by atoms with Gasteiger partial charge in [0.2, 0.25) is 0 Å². The number of aryl methyl sites for hydroxylation is 1. The van der Waals surface area contributed by atoms with Crippen LogP contribution >= 0.6 is 7.80 Å². The summed E-state index contributed by atoms with van der Waals surface area (Å²) in [7, 11) is -1.45. The minimum absolute atomic E-state index is 0.899. The van der Waals surface area contributed by atoms with Gasteiger partial charge >= 0.3 is 7.80 Å². The first-order valence-electron chi connectivity index (χ1n) is 6.92. The monoisotopic (exact) mass is 271 g/mol. The first kappa shape index (κ1) is 14.0. The average Bonchev–Trinajstić information content (AvgIpc) is 2.48. The fourth-order valence-electron chi connectivity index (χ4n) is 2.09. The molecule has 0 saturated carbocycles. The summed E-state index contributed by atoms with van der Waals surface area (Å²) in [5.41, 5.74) is 1.34. The van der Waals surface area contributed by atoms with Crippen LogP contribution in [0.1, 0.15) is 31.7 Å². The zero-order valence-corrected chi connectivity index (χ0v) is 12.3. The maximum atomic E-state index is 12.4. The van der Waals surface area contributed by atoms with Crippen molar-refractivity contribution in [1.82, 2.24) is 0 Å². The molecule has 1 atom stereocenters. The van der Waals surface area contributed by atoms with Gasteiger partial charge in [-0.3, -0.25) is 0 Å². The Bertz CT molecular complexity index is 517. The number of rotatable bonds is 6. The van der Waals surface area contributed by atoms with E-state index in [0.717, 1.165) is 17.0 Å². The van der Waals surface area contributed by atoms with E-state index in [0.29, 0.717) is 0 Å². The van der Waals surface area contributed by atoms with E-state index in [4.69, 9.17) is 0 Å². The van der Waals surface area contributed by atoms with Gasteiger partial charge in [0.1, 0.15) is 0 Å². The van der Waals surface area contributed by atoms with E-state index >= 15 is 0 Å². The van der Waals surface area contributed by atoms with Gasteiger partial charge in [-0.1, -0.05) is 54.7 Å². The Labute approximate surface area is 116 Å². The number of benzene rings is 2. The molecule has 0 radical (unpaired) electrons. The number of hydrogen-bond acceptors (Lipinski definition) is 1. The Balaban J connectivity index is 2.04. The summed E-state index contributed by atoms with van der Waals surface area (Å²) in [5.74, 6) is 0. The maximum Gasteiger partial charge on any atom is 0.415 e. The smallest absolute Gasteiger partial charge is 0.0654 e. The van der Waals surface area contributed by atoms with Crippen LogP contribution in [0.15, 0.2) is 54.6 Å². The van der Waals surface area contributed by atoms with E-state index in [2.05, 4.69) is 19.1 Å². The molecular formula is C17H20OP+. The van der Waals surface area contributed by atoms with Crippen LogP contribution in [0.5, 0.6) is 0 Å². The predicted octanol–water partition coefficient (Wildman–Crippen LogP) is 4.20. The van der Waals surface area contributed by atoms with Gasteiger partial charge in [0, 0.05) is 0 Å². The van der Waals surface area contributed by atoms with Crippen molar-refractivity contribution in [2.45, 2.75) is 32.6 Å². The standard InChI is InChI=1S/C17H20OP/c1-2-3-5-8-15-11-13-17(14-12-15)19(18)16-9-6-4-7-10-16/h4,6-7,9-14H,2-3,5,8H2,1H3/q+1. The first-order valence-corrected chi connectivity index (χ1v) is 8.18. The highest BCUT2D eigenvalue weighted by Crippen LogP contribution is 2.19. The summed E-state index contributed by atoms with van der Waals surface area (Å²) in [6, 6.07) is 17.9. The fourth-order valence-corrected chi connectivity index (χ4v) is 3.25. The molecule has 0 aromatic heterocycles. The minimum Gasteiger partial charge on any atom is -0.0654 e. The Morgan fingerprint density at radius 1 is 0.842 bits per heavy atom. The highest BCUT2D eigenvalue weighted by Gasteiger charge is 2.22. The molecule has 0 N–H and O–H groups in total. The van der Waals surface area contributed by atoms with Gasteiger partial charge in [0.25, 0.3) is 0 Å². The average molecular weight is 271 g/mol. The normalized spacial score (nSPS) is 11.3. The van der Waals surface area contributed by atoms with Gasteiger partial charge in [-0.15, -0.1) is 0 Å². The molecule has 0 amide bonds. The summed E-state index contributed by atoms with van der Waals surface area (Å²) < 4.78 is 12.4. The molecule has 2 aromatic rings. The maximum absolute atomic E-state index is 12.4. The second-order valence-corrected chi connectivity index (χ2v) is 6.38. The summed E-state index contributed by atoms with van der Waals surface area (Å²) >= 11 is 0. The Kier molecular flexibility index (Phi) is 5.30. The summed E-state index contributed by atoms with van der Waals surface area (Å²) in [4.78, 5) is 0. The quantitative estimate of drug-likeness (QED) is 0.568. The molecule has 2 aromatic carbocycles. The van der Waals surface area contributed by atoms with E-state index in [9.17, 15) is 4.57 Å². The van der Waals surface area contributed by atoms with Gasteiger partial charge < -0.3 is 0 Å². The fraction of sp³-hybridized carbons (Fsp3) is 0.294. The molecule has 0 aliphatic carbocycles. The SMILES string of the molecule is CCCCCc1ccc([P+](=O)c2ccccc2)cc1. The predicted molar refractivity (Wildman–Crippen MR) is 83.0 cm³/mol. The van der Waals surface area contributed by atoms with E-state index in [-0.39, 0.29) is 0 Å². The van der Waals surface area contributed by atoms with Crippen LogP contribution in [0.2, 0.25) is 0 Å². The zero-order valence-electron chi connectivity index (χ0n) is 11.4. The molecule has 0 bridgehead atoms. The Hall–Kier alpha value is -1.46. The molecule has 0 aliphatic rings. The topological polar surface area (TPSA) is 17.1 Å².